The van der Waals surface area contributed by atoms with Gasteiger partial charge in [0.1, 0.15) is 0 Å². The SMILES string of the molecule is CCC(C)C.Cc1ccc2c(c1)cc(/C=C/C(Nc1cccc3c1CCC(=O)N3)=C1CCC1)n2CC1CCCCC1. The predicted molar refractivity (Wildman–Crippen MR) is 175 cm³/mol. The summed E-state index contributed by atoms with van der Waals surface area (Å²) in [6.45, 7) is 9.93. The molecule has 0 unspecified atom stereocenters. The third kappa shape index (κ3) is 7.33. The highest BCUT2D eigenvalue weighted by atomic mass is 16.1. The van der Waals surface area contributed by atoms with Gasteiger partial charge in [-0.2, -0.15) is 0 Å². The molecule has 2 heterocycles. The molecule has 2 aromatic carbocycles. The van der Waals surface area contributed by atoms with Gasteiger partial charge in [-0.15, -0.1) is 0 Å². The highest BCUT2D eigenvalue weighted by molar-refractivity contribution is 5.95. The molecule has 2 fully saturated rings. The molecule has 0 spiro atoms. The van der Waals surface area contributed by atoms with Crippen LogP contribution in [0.5, 0.6) is 0 Å². The molecule has 6 rings (SSSR count). The Morgan fingerprint density at radius 2 is 1.80 bits per heavy atom. The van der Waals surface area contributed by atoms with E-state index in [1.54, 1.807) is 0 Å². The van der Waals surface area contributed by atoms with E-state index < -0.39 is 0 Å². The molecule has 1 aromatic heterocycles. The Kier molecular flexibility index (Phi) is 9.69. The number of rotatable bonds is 7. The lowest BCUT2D eigenvalue weighted by Crippen LogP contribution is -2.20. The number of nitrogens with one attached hydrogen (secondary N) is 2. The van der Waals surface area contributed by atoms with Gasteiger partial charge in [-0.3, -0.25) is 4.79 Å². The van der Waals surface area contributed by atoms with Crippen LogP contribution in [0.2, 0.25) is 0 Å². The fourth-order valence-corrected chi connectivity index (χ4v) is 6.11. The van der Waals surface area contributed by atoms with Crippen LogP contribution in [0.25, 0.3) is 17.0 Å². The number of allylic oxidation sites excluding steroid dienone is 2. The van der Waals surface area contributed by atoms with Crippen molar-refractivity contribution in [3.05, 3.63) is 76.6 Å². The molecule has 1 amide bonds. The van der Waals surface area contributed by atoms with Crippen molar-refractivity contribution in [1.29, 1.82) is 0 Å². The first-order chi connectivity index (χ1) is 19.9. The lowest BCUT2D eigenvalue weighted by atomic mass is 9.89. The number of benzene rings is 2. The van der Waals surface area contributed by atoms with Gasteiger partial charge in [0, 0.05) is 46.6 Å². The zero-order valence-corrected chi connectivity index (χ0v) is 25.7. The maximum Gasteiger partial charge on any atom is 0.224 e. The number of hydrogen-bond acceptors (Lipinski definition) is 2. The van der Waals surface area contributed by atoms with Crippen molar-refractivity contribution in [3.63, 3.8) is 0 Å². The van der Waals surface area contributed by atoms with Gasteiger partial charge >= 0.3 is 0 Å². The highest BCUT2D eigenvalue weighted by Gasteiger charge is 2.20. The molecule has 0 radical (unpaired) electrons. The number of aromatic nitrogens is 1. The van der Waals surface area contributed by atoms with Gasteiger partial charge in [-0.1, -0.05) is 64.2 Å². The van der Waals surface area contributed by atoms with Crippen LogP contribution >= 0.6 is 0 Å². The van der Waals surface area contributed by atoms with Crippen LogP contribution in [0.4, 0.5) is 11.4 Å². The summed E-state index contributed by atoms with van der Waals surface area (Å²) in [5, 5.41) is 8.15. The number of amides is 1. The largest absolute Gasteiger partial charge is 0.355 e. The Morgan fingerprint density at radius 3 is 2.51 bits per heavy atom. The fourth-order valence-electron chi connectivity index (χ4n) is 6.11. The van der Waals surface area contributed by atoms with E-state index in [4.69, 9.17) is 0 Å². The smallest absolute Gasteiger partial charge is 0.224 e. The normalized spacial score (nSPS) is 17.2. The van der Waals surface area contributed by atoms with Crippen LogP contribution in [0.15, 0.2) is 59.8 Å². The highest BCUT2D eigenvalue weighted by Crippen LogP contribution is 2.35. The summed E-state index contributed by atoms with van der Waals surface area (Å²) in [6.07, 6.45) is 17.7. The van der Waals surface area contributed by atoms with Crippen molar-refractivity contribution in [2.45, 2.75) is 105 Å². The second-order valence-electron chi connectivity index (χ2n) is 12.8. The second-order valence-corrected chi connectivity index (χ2v) is 12.8. The van der Waals surface area contributed by atoms with Crippen LogP contribution < -0.4 is 10.6 Å². The first-order valence-corrected chi connectivity index (χ1v) is 16.1. The molecule has 1 aliphatic heterocycles. The quantitative estimate of drug-likeness (QED) is 0.307. The first-order valence-electron chi connectivity index (χ1n) is 16.1. The lowest BCUT2D eigenvalue weighted by molar-refractivity contribution is -0.116. The van der Waals surface area contributed by atoms with Gasteiger partial charge in [-0.05, 0) is 111 Å². The van der Waals surface area contributed by atoms with Gasteiger partial charge < -0.3 is 15.2 Å². The third-order valence-electron chi connectivity index (χ3n) is 9.15. The zero-order valence-electron chi connectivity index (χ0n) is 25.7. The van der Waals surface area contributed by atoms with Crippen LogP contribution in [0.3, 0.4) is 0 Å². The molecule has 2 saturated carbocycles. The molecular formula is C37H49N3O. The number of anilines is 2. The molecule has 3 aromatic rings. The van der Waals surface area contributed by atoms with Crippen LogP contribution in [0, 0.1) is 18.8 Å². The van der Waals surface area contributed by atoms with Crippen molar-refractivity contribution in [3.8, 4) is 0 Å². The van der Waals surface area contributed by atoms with Crippen molar-refractivity contribution >= 4 is 34.3 Å². The number of nitrogens with zero attached hydrogens (tertiary/aromatic N) is 1. The van der Waals surface area contributed by atoms with Crippen LogP contribution in [-0.2, 0) is 17.8 Å². The number of carbonyl (C=O) groups excluding carboxylic acids is 1. The van der Waals surface area contributed by atoms with Gasteiger partial charge in [0.25, 0.3) is 0 Å². The Labute approximate surface area is 247 Å². The van der Waals surface area contributed by atoms with Gasteiger partial charge in [-0.25, -0.2) is 0 Å². The summed E-state index contributed by atoms with van der Waals surface area (Å²) in [5.74, 6) is 1.77. The second kappa shape index (κ2) is 13.6. The van der Waals surface area contributed by atoms with Gasteiger partial charge in [0.15, 0.2) is 0 Å². The summed E-state index contributed by atoms with van der Waals surface area (Å²) in [5.41, 5.74) is 9.95. The van der Waals surface area contributed by atoms with E-state index in [0.717, 1.165) is 49.0 Å². The average Bonchev–Trinajstić information content (AvgIpc) is 3.27. The maximum atomic E-state index is 11.9. The van der Waals surface area contributed by atoms with Crippen molar-refractivity contribution < 1.29 is 4.79 Å². The Morgan fingerprint density at radius 1 is 1.02 bits per heavy atom. The van der Waals surface area contributed by atoms with Gasteiger partial charge in [0.05, 0.1) is 0 Å². The molecular weight excluding hydrogens is 502 g/mol. The minimum absolute atomic E-state index is 0.109. The van der Waals surface area contributed by atoms with Crippen LogP contribution in [-0.4, -0.2) is 10.5 Å². The number of aryl methyl sites for hydroxylation is 1. The minimum Gasteiger partial charge on any atom is -0.355 e. The molecule has 0 bridgehead atoms. The monoisotopic (exact) mass is 551 g/mol. The number of carbonyl (C=O) groups is 1. The number of fused-ring (bicyclic) bond motifs is 2. The predicted octanol–water partition coefficient (Wildman–Crippen LogP) is 10.0. The summed E-state index contributed by atoms with van der Waals surface area (Å²) in [4.78, 5) is 11.9. The molecule has 2 aliphatic carbocycles. The van der Waals surface area contributed by atoms with E-state index in [9.17, 15) is 4.79 Å². The summed E-state index contributed by atoms with van der Waals surface area (Å²) in [7, 11) is 0. The van der Waals surface area contributed by atoms with E-state index in [1.807, 2.05) is 12.1 Å². The third-order valence-corrected chi connectivity index (χ3v) is 9.15. The van der Waals surface area contributed by atoms with Crippen molar-refractivity contribution in [1.82, 2.24) is 4.57 Å². The van der Waals surface area contributed by atoms with Crippen LogP contribution in [0.1, 0.15) is 102 Å². The zero-order chi connectivity index (χ0) is 28.8. The Balaban J connectivity index is 0.000000623. The maximum absolute atomic E-state index is 11.9. The average molecular weight is 552 g/mol. The fraction of sp³-hybridized carbons (Fsp3) is 0.486. The molecule has 41 heavy (non-hydrogen) atoms. The lowest BCUT2D eigenvalue weighted by Gasteiger charge is -2.25. The molecule has 218 valence electrons. The molecule has 3 aliphatic rings. The standard InChI is InChI=1S/C32H37N3O.C5H12/c1-22-13-17-31-25(19-22)20-26(35(31)21-23-7-3-2-4-8-23)14-16-28(24-9-5-10-24)33-29-11-6-12-30-27(29)15-18-32(36)34-30;1-4-5(2)3/h6,11-14,16-17,19-20,23,33H,2-5,7-10,15,18,21H2,1H3,(H,34,36);5H,4H2,1-3H3/b16-14+;. The van der Waals surface area contributed by atoms with Crippen molar-refractivity contribution in [2.75, 3.05) is 10.6 Å². The summed E-state index contributed by atoms with van der Waals surface area (Å²) in [6, 6.07) is 15.4. The van der Waals surface area contributed by atoms with E-state index in [0.29, 0.717) is 6.42 Å². The van der Waals surface area contributed by atoms with Crippen molar-refractivity contribution in [2.24, 2.45) is 11.8 Å². The number of hydrogen-bond donors (Lipinski definition) is 2. The Hall–Kier alpha value is -3.27. The molecule has 4 heteroatoms. The molecule has 0 saturated heterocycles. The molecule has 0 atom stereocenters. The summed E-state index contributed by atoms with van der Waals surface area (Å²) < 4.78 is 2.56. The van der Waals surface area contributed by atoms with Gasteiger partial charge in [0.2, 0.25) is 5.91 Å². The van der Waals surface area contributed by atoms with E-state index >= 15 is 0 Å². The Bertz CT molecular complexity index is 1410. The minimum atomic E-state index is 0.109. The molecule has 2 N–H and O–H groups in total. The first kappa shape index (κ1) is 29.2. The molecule has 4 nitrogen and oxygen atoms in total. The van der Waals surface area contributed by atoms with E-state index in [-0.39, 0.29) is 5.91 Å². The van der Waals surface area contributed by atoms with E-state index in [2.05, 4.69) is 85.4 Å². The summed E-state index contributed by atoms with van der Waals surface area (Å²) >= 11 is 0. The van der Waals surface area contributed by atoms with E-state index in [1.165, 1.54) is 83.9 Å². The topological polar surface area (TPSA) is 46.1 Å².